The first-order valence-electron chi connectivity index (χ1n) is 12.6. The molecule has 1 aliphatic rings. The third kappa shape index (κ3) is 7.72. The van der Waals surface area contributed by atoms with E-state index in [1.807, 2.05) is 10.9 Å². The molecule has 0 unspecified atom stereocenters. The second-order valence-corrected chi connectivity index (χ2v) is 9.50. The maximum Gasteiger partial charge on any atom is 0.417 e. The van der Waals surface area contributed by atoms with E-state index in [-0.39, 0.29) is 11.6 Å². The number of hydrogen-bond acceptors (Lipinski definition) is 7. The molecule has 0 radical (unpaired) electrons. The van der Waals surface area contributed by atoms with Crippen LogP contribution in [0.5, 0.6) is 11.6 Å². The Morgan fingerprint density at radius 1 is 1.02 bits per heavy atom. The van der Waals surface area contributed by atoms with Crippen molar-refractivity contribution in [2.24, 2.45) is 0 Å². The summed E-state index contributed by atoms with van der Waals surface area (Å²) in [6.45, 7) is 4.93. The maximum atomic E-state index is 13.1. The van der Waals surface area contributed by atoms with Gasteiger partial charge in [0.1, 0.15) is 12.1 Å². The van der Waals surface area contributed by atoms with Gasteiger partial charge in [0, 0.05) is 54.9 Å². The first-order chi connectivity index (χ1) is 19.7. The molecule has 0 saturated carbocycles. The Morgan fingerprint density at radius 2 is 1.80 bits per heavy atom. The predicted molar refractivity (Wildman–Crippen MR) is 146 cm³/mol. The van der Waals surface area contributed by atoms with Gasteiger partial charge in [-0.2, -0.15) is 18.3 Å². The van der Waals surface area contributed by atoms with Crippen LogP contribution in [0, 0.1) is 0 Å². The van der Waals surface area contributed by atoms with E-state index in [1.165, 1.54) is 12.4 Å². The number of hydrogen-bond donors (Lipinski definition) is 2. The number of morpholine rings is 1. The molecule has 3 heterocycles. The van der Waals surface area contributed by atoms with E-state index >= 15 is 0 Å². The SMILES string of the molecule is O=C(Nc1cccc(Oc2cc(-c3cnn(CCN4CCOCC4)c3)ncn2)c1)Nc1ccc(Cl)c(C(F)(F)F)c1. The molecule has 41 heavy (non-hydrogen) atoms. The number of aromatic nitrogens is 4. The fourth-order valence-electron chi connectivity index (χ4n) is 4.11. The molecule has 0 atom stereocenters. The Balaban J connectivity index is 1.19. The van der Waals surface area contributed by atoms with Gasteiger partial charge in [-0.15, -0.1) is 0 Å². The summed E-state index contributed by atoms with van der Waals surface area (Å²) in [6.07, 6.45) is 0.370. The van der Waals surface area contributed by atoms with Crippen molar-refractivity contribution in [2.45, 2.75) is 12.7 Å². The van der Waals surface area contributed by atoms with E-state index in [4.69, 9.17) is 21.1 Å². The number of amides is 2. The summed E-state index contributed by atoms with van der Waals surface area (Å²) in [5.41, 5.74) is 0.673. The highest BCUT2D eigenvalue weighted by atomic mass is 35.5. The van der Waals surface area contributed by atoms with Crippen molar-refractivity contribution in [3.8, 4) is 22.9 Å². The van der Waals surface area contributed by atoms with Crippen LogP contribution < -0.4 is 15.4 Å². The summed E-state index contributed by atoms with van der Waals surface area (Å²) >= 11 is 5.64. The van der Waals surface area contributed by atoms with Crippen molar-refractivity contribution in [1.82, 2.24) is 24.6 Å². The van der Waals surface area contributed by atoms with Gasteiger partial charge < -0.3 is 20.1 Å². The lowest BCUT2D eigenvalue weighted by molar-refractivity contribution is -0.137. The number of alkyl halides is 3. The third-order valence-corrected chi connectivity index (χ3v) is 6.49. The van der Waals surface area contributed by atoms with Crippen LogP contribution in [-0.4, -0.2) is 63.5 Å². The number of benzene rings is 2. The zero-order valence-electron chi connectivity index (χ0n) is 21.6. The molecule has 1 fully saturated rings. The number of carbonyl (C=O) groups excluding carboxylic acids is 1. The van der Waals surface area contributed by atoms with E-state index in [2.05, 4.69) is 30.6 Å². The molecule has 2 aromatic carbocycles. The normalized spacial score (nSPS) is 14.0. The highest BCUT2D eigenvalue weighted by Crippen LogP contribution is 2.36. The molecule has 5 rings (SSSR count). The first kappa shape index (κ1) is 28.3. The van der Waals surface area contributed by atoms with Crippen LogP contribution in [0.25, 0.3) is 11.3 Å². The summed E-state index contributed by atoms with van der Waals surface area (Å²) in [5, 5.41) is 8.91. The lowest BCUT2D eigenvalue weighted by Crippen LogP contribution is -2.38. The van der Waals surface area contributed by atoms with Crippen molar-refractivity contribution < 1.29 is 27.4 Å². The van der Waals surface area contributed by atoms with Gasteiger partial charge in [0.05, 0.1) is 42.2 Å². The Hall–Kier alpha value is -4.20. The van der Waals surface area contributed by atoms with Gasteiger partial charge in [0.2, 0.25) is 5.88 Å². The standard InChI is InChI=1S/C27H25ClF3N7O3/c28-23-5-4-20(13-22(23)27(29,30)31)36-26(39)35-19-2-1-3-21(12-19)41-25-14-24(32-17-33-25)18-15-34-38(16-18)7-6-37-8-10-40-11-9-37/h1-5,12-17H,6-11H2,(H2,35,36,39). The van der Waals surface area contributed by atoms with E-state index in [9.17, 15) is 18.0 Å². The van der Waals surface area contributed by atoms with Crippen molar-refractivity contribution in [1.29, 1.82) is 0 Å². The number of urea groups is 1. The Morgan fingerprint density at radius 3 is 2.59 bits per heavy atom. The van der Waals surface area contributed by atoms with Crippen LogP contribution in [0.2, 0.25) is 5.02 Å². The van der Waals surface area contributed by atoms with Gasteiger partial charge in [0.25, 0.3) is 0 Å². The summed E-state index contributed by atoms with van der Waals surface area (Å²) in [4.78, 5) is 23.2. The van der Waals surface area contributed by atoms with Gasteiger partial charge in [0.15, 0.2) is 0 Å². The Labute approximate surface area is 238 Å². The summed E-state index contributed by atoms with van der Waals surface area (Å²) in [6, 6.07) is 10.5. The molecule has 0 spiro atoms. The zero-order valence-corrected chi connectivity index (χ0v) is 22.3. The van der Waals surface area contributed by atoms with Crippen LogP contribution in [0.1, 0.15) is 5.56 Å². The van der Waals surface area contributed by atoms with Crippen molar-refractivity contribution in [2.75, 3.05) is 43.5 Å². The highest BCUT2D eigenvalue weighted by molar-refractivity contribution is 6.31. The fraction of sp³-hybridized carbons (Fsp3) is 0.259. The number of nitrogens with one attached hydrogen (secondary N) is 2. The molecule has 1 saturated heterocycles. The van der Waals surface area contributed by atoms with Gasteiger partial charge in [-0.05, 0) is 30.3 Å². The molecule has 1 aliphatic heterocycles. The first-order valence-corrected chi connectivity index (χ1v) is 13.0. The molecule has 2 amide bonds. The summed E-state index contributed by atoms with van der Waals surface area (Å²) < 4.78 is 52.4. The van der Waals surface area contributed by atoms with Gasteiger partial charge in [-0.3, -0.25) is 9.58 Å². The minimum absolute atomic E-state index is 0.0652. The van der Waals surface area contributed by atoms with Gasteiger partial charge in [-0.1, -0.05) is 17.7 Å². The van der Waals surface area contributed by atoms with Crippen LogP contribution in [0.3, 0.4) is 0 Å². The topological polar surface area (TPSA) is 106 Å². The van der Waals surface area contributed by atoms with Crippen LogP contribution >= 0.6 is 11.6 Å². The predicted octanol–water partition coefficient (Wildman–Crippen LogP) is 5.78. The Bertz CT molecular complexity index is 1510. The minimum atomic E-state index is -4.65. The molecule has 14 heteroatoms. The average molecular weight is 588 g/mol. The summed E-state index contributed by atoms with van der Waals surface area (Å²) in [5.74, 6) is 0.651. The third-order valence-electron chi connectivity index (χ3n) is 6.16. The number of anilines is 2. The van der Waals surface area contributed by atoms with Crippen LogP contribution in [0.4, 0.5) is 29.3 Å². The average Bonchev–Trinajstić information content (AvgIpc) is 3.43. The molecule has 4 aromatic rings. The van der Waals surface area contributed by atoms with E-state index in [1.54, 1.807) is 36.5 Å². The van der Waals surface area contributed by atoms with Gasteiger partial charge in [-0.25, -0.2) is 14.8 Å². The number of ether oxygens (including phenoxy) is 2. The van der Waals surface area contributed by atoms with E-state index in [0.29, 0.717) is 17.1 Å². The van der Waals surface area contributed by atoms with Gasteiger partial charge >= 0.3 is 12.2 Å². The van der Waals surface area contributed by atoms with E-state index < -0.39 is 22.8 Å². The molecule has 214 valence electrons. The summed E-state index contributed by atoms with van der Waals surface area (Å²) in [7, 11) is 0. The fourth-order valence-corrected chi connectivity index (χ4v) is 4.34. The molecule has 0 aliphatic carbocycles. The highest BCUT2D eigenvalue weighted by Gasteiger charge is 2.33. The number of rotatable bonds is 8. The monoisotopic (exact) mass is 587 g/mol. The minimum Gasteiger partial charge on any atom is -0.439 e. The molecule has 2 N–H and O–H groups in total. The smallest absolute Gasteiger partial charge is 0.417 e. The maximum absolute atomic E-state index is 13.1. The zero-order chi connectivity index (χ0) is 28.8. The lowest BCUT2D eigenvalue weighted by atomic mass is 10.2. The largest absolute Gasteiger partial charge is 0.439 e. The second-order valence-electron chi connectivity index (χ2n) is 9.09. The Kier molecular flexibility index (Phi) is 8.67. The van der Waals surface area contributed by atoms with Crippen molar-refractivity contribution in [3.63, 3.8) is 0 Å². The second kappa shape index (κ2) is 12.5. The quantitative estimate of drug-likeness (QED) is 0.269. The molecule has 10 nitrogen and oxygen atoms in total. The lowest BCUT2D eigenvalue weighted by Gasteiger charge is -2.26. The van der Waals surface area contributed by atoms with Crippen molar-refractivity contribution >= 4 is 29.0 Å². The van der Waals surface area contributed by atoms with Crippen LogP contribution in [-0.2, 0) is 17.5 Å². The molecular formula is C27H25ClF3N7O3. The van der Waals surface area contributed by atoms with E-state index in [0.717, 1.165) is 57.1 Å². The number of halogens is 4. The number of carbonyl (C=O) groups is 1. The number of nitrogens with zero attached hydrogens (tertiary/aromatic N) is 5. The molecular weight excluding hydrogens is 563 g/mol. The van der Waals surface area contributed by atoms with Crippen molar-refractivity contribution in [3.05, 3.63) is 77.8 Å². The van der Waals surface area contributed by atoms with Crippen LogP contribution in [0.15, 0.2) is 67.3 Å². The molecule has 2 aromatic heterocycles. The molecule has 0 bridgehead atoms.